The maximum Gasteiger partial charge on any atom is 0.408 e. The molecule has 2 aromatic rings. The minimum absolute atomic E-state index is 0.292. The molecule has 0 atom stereocenters. The number of benzene rings is 1. The fourth-order valence-electron chi connectivity index (χ4n) is 2.35. The second-order valence-electron chi connectivity index (χ2n) is 8.31. The number of aromatic nitrogens is 2. The minimum atomic E-state index is -0.563. The molecule has 2 rings (SSSR count). The summed E-state index contributed by atoms with van der Waals surface area (Å²) in [6, 6.07) is 7.18. The highest BCUT2D eigenvalue weighted by atomic mass is 35.5. The lowest BCUT2D eigenvalue weighted by atomic mass is 10.1. The van der Waals surface area contributed by atoms with Crippen LogP contribution in [-0.2, 0) is 11.3 Å². The van der Waals surface area contributed by atoms with Crippen molar-refractivity contribution in [1.29, 1.82) is 0 Å². The van der Waals surface area contributed by atoms with Crippen molar-refractivity contribution < 1.29 is 14.1 Å². The molecule has 1 amide bonds. The van der Waals surface area contributed by atoms with Crippen molar-refractivity contribution in [3.8, 4) is 11.4 Å². The molecular weight excluding hydrogens is 408 g/mol. The highest BCUT2D eigenvalue weighted by Gasteiger charge is 2.24. The Morgan fingerprint density at radius 3 is 2.43 bits per heavy atom. The molecular formula is C20H29ClN6O3. The van der Waals surface area contributed by atoms with Gasteiger partial charge in [0.25, 0.3) is 0 Å². The van der Waals surface area contributed by atoms with Crippen molar-refractivity contribution in [2.24, 2.45) is 4.99 Å². The van der Waals surface area contributed by atoms with E-state index in [1.807, 2.05) is 46.8 Å². The molecule has 0 unspecified atom stereocenters. The number of carbonyl (C=O) groups is 1. The van der Waals surface area contributed by atoms with E-state index < -0.39 is 17.2 Å². The molecule has 0 fully saturated rings. The van der Waals surface area contributed by atoms with Crippen LogP contribution in [0.15, 0.2) is 33.8 Å². The van der Waals surface area contributed by atoms with Gasteiger partial charge < -0.3 is 25.2 Å². The minimum Gasteiger partial charge on any atom is -0.444 e. The highest BCUT2D eigenvalue weighted by molar-refractivity contribution is 6.30. The van der Waals surface area contributed by atoms with Gasteiger partial charge in [0, 0.05) is 24.2 Å². The second kappa shape index (κ2) is 9.80. The van der Waals surface area contributed by atoms with E-state index in [1.54, 1.807) is 19.2 Å². The molecule has 10 heteroatoms. The van der Waals surface area contributed by atoms with Crippen LogP contribution in [0, 0.1) is 0 Å². The zero-order valence-corrected chi connectivity index (χ0v) is 18.9. The summed E-state index contributed by atoms with van der Waals surface area (Å²) < 4.78 is 10.6. The van der Waals surface area contributed by atoms with E-state index in [-0.39, 0.29) is 0 Å². The van der Waals surface area contributed by atoms with E-state index >= 15 is 0 Å². The molecule has 0 bridgehead atoms. The number of alkyl carbamates (subject to hydrolysis) is 1. The van der Waals surface area contributed by atoms with Gasteiger partial charge >= 0.3 is 6.09 Å². The van der Waals surface area contributed by atoms with Crippen LogP contribution < -0.4 is 16.0 Å². The Hall–Kier alpha value is -2.81. The standard InChI is InChI=1S/C20H29ClN6O3/c1-19(2,3)29-18(28)26-20(4,5)12-24-17(22-6)23-11-15-25-16(27-30-15)13-7-9-14(21)10-8-13/h7-10H,11-12H2,1-6H3,(H,26,28)(H2,22,23,24). The Morgan fingerprint density at radius 2 is 1.83 bits per heavy atom. The van der Waals surface area contributed by atoms with Crippen molar-refractivity contribution in [2.45, 2.75) is 52.3 Å². The molecule has 3 N–H and O–H groups in total. The molecule has 0 saturated heterocycles. The Bertz CT molecular complexity index is 871. The number of nitrogens with one attached hydrogen (secondary N) is 3. The van der Waals surface area contributed by atoms with Gasteiger partial charge in [0.15, 0.2) is 5.96 Å². The first-order valence-corrected chi connectivity index (χ1v) is 9.89. The molecule has 1 heterocycles. The summed E-state index contributed by atoms with van der Waals surface area (Å²) in [6.07, 6.45) is -0.474. The van der Waals surface area contributed by atoms with Crippen LogP contribution in [0.2, 0.25) is 5.02 Å². The fraction of sp³-hybridized carbons (Fsp3) is 0.500. The van der Waals surface area contributed by atoms with E-state index in [1.165, 1.54) is 0 Å². The molecule has 164 valence electrons. The lowest BCUT2D eigenvalue weighted by molar-refractivity contribution is 0.0474. The SMILES string of the molecule is CN=C(NCc1nc(-c2ccc(Cl)cc2)no1)NCC(C)(C)NC(=O)OC(C)(C)C. The van der Waals surface area contributed by atoms with Crippen LogP contribution in [0.1, 0.15) is 40.5 Å². The number of ether oxygens (including phenoxy) is 1. The number of hydrogen-bond acceptors (Lipinski definition) is 6. The average Bonchev–Trinajstić information content (AvgIpc) is 3.09. The van der Waals surface area contributed by atoms with Gasteiger partial charge in [-0.1, -0.05) is 16.8 Å². The maximum atomic E-state index is 12.0. The summed E-state index contributed by atoms with van der Waals surface area (Å²) in [5, 5.41) is 13.7. The van der Waals surface area contributed by atoms with Gasteiger partial charge in [0.1, 0.15) is 5.60 Å². The second-order valence-corrected chi connectivity index (χ2v) is 8.75. The molecule has 0 aliphatic heterocycles. The van der Waals surface area contributed by atoms with Crippen LogP contribution in [0.5, 0.6) is 0 Å². The Labute approximate surface area is 181 Å². The average molecular weight is 437 g/mol. The number of halogens is 1. The third kappa shape index (κ3) is 7.90. The Kier molecular flexibility index (Phi) is 7.66. The predicted octanol–water partition coefficient (Wildman–Crippen LogP) is 3.36. The van der Waals surface area contributed by atoms with Crippen LogP contribution >= 0.6 is 11.6 Å². The largest absolute Gasteiger partial charge is 0.444 e. The first kappa shape index (κ1) is 23.5. The zero-order chi connectivity index (χ0) is 22.4. The topological polar surface area (TPSA) is 114 Å². The number of hydrogen-bond donors (Lipinski definition) is 3. The van der Waals surface area contributed by atoms with E-state index in [0.717, 1.165) is 5.56 Å². The molecule has 0 saturated carbocycles. The van der Waals surface area contributed by atoms with Gasteiger partial charge in [0.2, 0.25) is 11.7 Å². The van der Waals surface area contributed by atoms with Crippen LogP contribution in [0.3, 0.4) is 0 Å². The number of carbonyl (C=O) groups excluding carboxylic acids is 1. The summed E-state index contributed by atoms with van der Waals surface area (Å²) in [4.78, 5) is 20.5. The molecule has 1 aromatic carbocycles. The normalized spacial score (nSPS) is 12.4. The van der Waals surface area contributed by atoms with Crippen LogP contribution in [-0.4, -0.2) is 46.9 Å². The van der Waals surface area contributed by atoms with Crippen molar-refractivity contribution in [2.75, 3.05) is 13.6 Å². The van der Waals surface area contributed by atoms with Gasteiger partial charge in [-0.25, -0.2) is 4.79 Å². The summed E-state index contributed by atoms with van der Waals surface area (Å²) >= 11 is 5.90. The monoisotopic (exact) mass is 436 g/mol. The highest BCUT2D eigenvalue weighted by Crippen LogP contribution is 2.18. The molecule has 30 heavy (non-hydrogen) atoms. The Balaban J connectivity index is 1.85. The van der Waals surface area contributed by atoms with Gasteiger partial charge in [-0.15, -0.1) is 0 Å². The number of nitrogens with zero attached hydrogens (tertiary/aromatic N) is 3. The van der Waals surface area contributed by atoms with Crippen molar-refractivity contribution >= 4 is 23.7 Å². The van der Waals surface area contributed by atoms with E-state index in [2.05, 4.69) is 31.1 Å². The first-order valence-electron chi connectivity index (χ1n) is 9.52. The lowest BCUT2D eigenvalue weighted by Gasteiger charge is -2.29. The van der Waals surface area contributed by atoms with Gasteiger partial charge in [0.05, 0.1) is 12.1 Å². The Morgan fingerprint density at radius 1 is 1.17 bits per heavy atom. The van der Waals surface area contributed by atoms with Crippen molar-refractivity contribution in [3.63, 3.8) is 0 Å². The molecule has 0 aliphatic carbocycles. The third-order valence-corrected chi connectivity index (χ3v) is 3.99. The quantitative estimate of drug-likeness (QED) is 0.470. The summed E-state index contributed by atoms with van der Waals surface area (Å²) in [6.45, 7) is 9.94. The summed E-state index contributed by atoms with van der Waals surface area (Å²) in [5.74, 6) is 1.42. The van der Waals surface area contributed by atoms with Gasteiger partial charge in [-0.3, -0.25) is 4.99 Å². The maximum absolute atomic E-state index is 12.0. The fourth-order valence-corrected chi connectivity index (χ4v) is 2.48. The lowest BCUT2D eigenvalue weighted by Crippen LogP contribution is -2.54. The first-order chi connectivity index (χ1) is 14.0. The third-order valence-electron chi connectivity index (χ3n) is 3.74. The molecule has 0 spiro atoms. The summed E-state index contributed by atoms with van der Waals surface area (Å²) in [5.41, 5.74) is -0.307. The van der Waals surface area contributed by atoms with Crippen LogP contribution in [0.25, 0.3) is 11.4 Å². The van der Waals surface area contributed by atoms with Gasteiger partial charge in [-0.05, 0) is 58.9 Å². The van der Waals surface area contributed by atoms with E-state index in [4.69, 9.17) is 20.9 Å². The van der Waals surface area contributed by atoms with Gasteiger partial charge in [-0.2, -0.15) is 4.98 Å². The molecule has 0 radical (unpaired) electrons. The number of aliphatic imine (C=N–C) groups is 1. The smallest absolute Gasteiger partial charge is 0.408 e. The molecule has 9 nitrogen and oxygen atoms in total. The van der Waals surface area contributed by atoms with Crippen molar-refractivity contribution in [1.82, 2.24) is 26.1 Å². The summed E-state index contributed by atoms with van der Waals surface area (Å²) in [7, 11) is 1.65. The van der Waals surface area contributed by atoms with Crippen LogP contribution in [0.4, 0.5) is 4.79 Å². The van der Waals surface area contributed by atoms with E-state index in [9.17, 15) is 4.79 Å². The number of guanidine groups is 1. The van der Waals surface area contributed by atoms with E-state index in [0.29, 0.717) is 35.8 Å². The number of rotatable bonds is 6. The number of amides is 1. The zero-order valence-electron chi connectivity index (χ0n) is 18.2. The molecule has 1 aromatic heterocycles. The molecule has 0 aliphatic rings. The van der Waals surface area contributed by atoms with Crippen molar-refractivity contribution in [3.05, 3.63) is 35.2 Å². The predicted molar refractivity (Wildman–Crippen MR) is 116 cm³/mol.